The lowest BCUT2D eigenvalue weighted by molar-refractivity contribution is 0.660. The van der Waals surface area contributed by atoms with Crippen LogP contribution in [-0.4, -0.2) is 9.97 Å². The molecule has 0 aliphatic heterocycles. The lowest BCUT2D eigenvalue weighted by Gasteiger charge is -2.04. The van der Waals surface area contributed by atoms with Gasteiger partial charge in [0.05, 0.1) is 11.6 Å². The average Bonchev–Trinajstić information content (AvgIpc) is 2.52. The summed E-state index contributed by atoms with van der Waals surface area (Å²) in [6.45, 7) is 2.22. The quantitative estimate of drug-likeness (QED) is 0.737. The third kappa shape index (κ3) is 3.89. The number of nitrogens with zero attached hydrogens (tertiary/aromatic N) is 3. The van der Waals surface area contributed by atoms with Gasteiger partial charge in [0.15, 0.2) is 5.82 Å². The molecule has 0 radical (unpaired) electrons. The van der Waals surface area contributed by atoms with Gasteiger partial charge in [0.1, 0.15) is 0 Å². The molecule has 3 heteroatoms. The van der Waals surface area contributed by atoms with Crippen LogP contribution in [0.15, 0.2) is 36.5 Å². The van der Waals surface area contributed by atoms with Gasteiger partial charge in [-0.1, -0.05) is 26.2 Å². The summed E-state index contributed by atoms with van der Waals surface area (Å²) in [7, 11) is 0. The molecule has 102 valence electrons. The van der Waals surface area contributed by atoms with E-state index in [1.165, 1.54) is 25.7 Å². The molecule has 0 aliphatic carbocycles. The fourth-order valence-corrected chi connectivity index (χ4v) is 2.10. The van der Waals surface area contributed by atoms with E-state index < -0.39 is 0 Å². The fraction of sp³-hybridized carbons (Fsp3) is 0.353. The van der Waals surface area contributed by atoms with Gasteiger partial charge in [0.25, 0.3) is 0 Å². The molecule has 2 rings (SSSR count). The summed E-state index contributed by atoms with van der Waals surface area (Å²) in [5.41, 5.74) is 2.71. The maximum Gasteiger partial charge on any atom is 0.159 e. The van der Waals surface area contributed by atoms with Crippen LogP contribution in [0.4, 0.5) is 0 Å². The first-order chi connectivity index (χ1) is 9.83. The highest BCUT2D eigenvalue weighted by molar-refractivity contribution is 5.56. The van der Waals surface area contributed by atoms with Gasteiger partial charge < -0.3 is 0 Å². The molecule has 0 saturated heterocycles. The Balaban J connectivity index is 2.06. The van der Waals surface area contributed by atoms with Crippen LogP contribution < -0.4 is 0 Å². The Morgan fingerprint density at radius 2 is 1.85 bits per heavy atom. The van der Waals surface area contributed by atoms with Crippen molar-refractivity contribution < 1.29 is 0 Å². The van der Waals surface area contributed by atoms with Crippen LogP contribution in [-0.2, 0) is 6.42 Å². The minimum absolute atomic E-state index is 0.657. The molecule has 0 spiro atoms. The fourth-order valence-electron chi connectivity index (χ4n) is 2.10. The highest BCUT2D eigenvalue weighted by Gasteiger charge is 2.03. The van der Waals surface area contributed by atoms with Gasteiger partial charge in [-0.3, -0.25) is 0 Å². The summed E-state index contributed by atoms with van der Waals surface area (Å²) in [6, 6.07) is 11.5. The number of rotatable bonds is 6. The van der Waals surface area contributed by atoms with Gasteiger partial charge in [-0.15, -0.1) is 0 Å². The van der Waals surface area contributed by atoms with E-state index in [0.717, 1.165) is 23.5 Å². The molecule has 2 aromatic rings. The zero-order valence-electron chi connectivity index (χ0n) is 11.8. The third-order valence-electron chi connectivity index (χ3n) is 3.27. The first-order valence-corrected chi connectivity index (χ1v) is 7.16. The van der Waals surface area contributed by atoms with E-state index in [1.807, 2.05) is 24.4 Å². The van der Waals surface area contributed by atoms with Crippen molar-refractivity contribution in [2.45, 2.75) is 39.0 Å². The zero-order chi connectivity index (χ0) is 14.2. The predicted octanol–water partition coefficient (Wildman–Crippen LogP) is 4.14. The Hall–Kier alpha value is -2.21. The van der Waals surface area contributed by atoms with Gasteiger partial charge in [0, 0.05) is 17.5 Å². The van der Waals surface area contributed by atoms with Crippen LogP contribution in [0.2, 0.25) is 0 Å². The summed E-state index contributed by atoms with van der Waals surface area (Å²) in [5.74, 6) is 0.738. The summed E-state index contributed by atoms with van der Waals surface area (Å²) < 4.78 is 0. The molecule has 3 nitrogen and oxygen atoms in total. The zero-order valence-corrected chi connectivity index (χ0v) is 11.8. The SMILES string of the molecule is CCCCCCc1ccnc(-c2ccc(C#N)cc2)n1. The highest BCUT2D eigenvalue weighted by Crippen LogP contribution is 2.16. The summed E-state index contributed by atoms with van der Waals surface area (Å²) >= 11 is 0. The van der Waals surface area contributed by atoms with E-state index >= 15 is 0 Å². The Morgan fingerprint density at radius 3 is 2.55 bits per heavy atom. The molecule has 1 aromatic heterocycles. The number of unbranched alkanes of at least 4 members (excludes halogenated alkanes) is 3. The lowest BCUT2D eigenvalue weighted by Crippen LogP contribution is -1.95. The van der Waals surface area contributed by atoms with Gasteiger partial charge in [0.2, 0.25) is 0 Å². The number of aryl methyl sites for hydroxylation is 1. The highest BCUT2D eigenvalue weighted by atomic mass is 14.9. The molecule has 0 unspecified atom stereocenters. The standard InChI is InChI=1S/C17H19N3/c1-2-3-4-5-6-16-11-12-19-17(20-16)15-9-7-14(13-18)8-10-15/h7-12H,2-6H2,1H3. The van der Waals surface area contributed by atoms with Crippen molar-refractivity contribution in [2.24, 2.45) is 0 Å². The number of nitriles is 1. The Kier molecular flexibility index (Phi) is 5.25. The Morgan fingerprint density at radius 1 is 1.05 bits per heavy atom. The molecule has 0 amide bonds. The second kappa shape index (κ2) is 7.40. The van der Waals surface area contributed by atoms with Crippen molar-refractivity contribution in [3.05, 3.63) is 47.8 Å². The van der Waals surface area contributed by atoms with Crippen molar-refractivity contribution in [1.82, 2.24) is 9.97 Å². The molecule has 0 aliphatic rings. The molecule has 0 atom stereocenters. The number of hydrogen-bond acceptors (Lipinski definition) is 3. The van der Waals surface area contributed by atoms with E-state index in [1.54, 1.807) is 12.1 Å². The first-order valence-electron chi connectivity index (χ1n) is 7.16. The van der Waals surface area contributed by atoms with E-state index in [2.05, 4.69) is 23.0 Å². The minimum Gasteiger partial charge on any atom is -0.237 e. The van der Waals surface area contributed by atoms with E-state index in [9.17, 15) is 0 Å². The molecule has 0 fully saturated rings. The van der Waals surface area contributed by atoms with Crippen LogP contribution in [0.25, 0.3) is 11.4 Å². The van der Waals surface area contributed by atoms with E-state index in [-0.39, 0.29) is 0 Å². The van der Waals surface area contributed by atoms with Gasteiger partial charge in [-0.25, -0.2) is 9.97 Å². The van der Waals surface area contributed by atoms with E-state index in [4.69, 9.17) is 5.26 Å². The van der Waals surface area contributed by atoms with E-state index in [0.29, 0.717) is 5.56 Å². The monoisotopic (exact) mass is 265 g/mol. The van der Waals surface area contributed by atoms with Gasteiger partial charge in [-0.05, 0) is 43.2 Å². The van der Waals surface area contributed by atoms with Crippen molar-refractivity contribution >= 4 is 0 Å². The second-order valence-corrected chi connectivity index (χ2v) is 4.87. The number of hydrogen-bond donors (Lipinski definition) is 0. The molecule has 1 aromatic carbocycles. The second-order valence-electron chi connectivity index (χ2n) is 4.87. The van der Waals surface area contributed by atoms with Crippen LogP contribution in [0.5, 0.6) is 0 Å². The predicted molar refractivity (Wildman–Crippen MR) is 80.0 cm³/mol. The summed E-state index contributed by atoms with van der Waals surface area (Å²) in [5, 5.41) is 8.80. The Labute approximate surface area is 120 Å². The van der Waals surface area contributed by atoms with Crippen LogP contribution in [0.1, 0.15) is 43.9 Å². The van der Waals surface area contributed by atoms with Gasteiger partial charge >= 0.3 is 0 Å². The summed E-state index contributed by atoms with van der Waals surface area (Å²) in [4.78, 5) is 8.92. The third-order valence-corrected chi connectivity index (χ3v) is 3.27. The first kappa shape index (κ1) is 14.2. The number of benzene rings is 1. The summed E-state index contributed by atoms with van der Waals surface area (Å²) in [6.07, 6.45) is 7.79. The van der Waals surface area contributed by atoms with Crippen LogP contribution in [0, 0.1) is 11.3 Å². The molecular formula is C17H19N3. The molecule has 20 heavy (non-hydrogen) atoms. The van der Waals surface area contributed by atoms with Crippen LogP contribution >= 0.6 is 0 Å². The molecule has 0 bridgehead atoms. The normalized spacial score (nSPS) is 10.2. The maximum absolute atomic E-state index is 8.80. The smallest absolute Gasteiger partial charge is 0.159 e. The van der Waals surface area contributed by atoms with Crippen molar-refractivity contribution in [2.75, 3.05) is 0 Å². The topological polar surface area (TPSA) is 49.6 Å². The molecular weight excluding hydrogens is 246 g/mol. The van der Waals surface area contributed by atoms with Crippen LogP contribution in [0.3, 0.4) is 0 Å². The lowest BCUT2D eigenvalue weighted by atomic mass is 10.1. The largest absolute Gasteiger partial charge is 0.237 e. The molecule has 1 heterocycles. The maximum atomic E-state index is 8.80. The van der Waals surface area contributed by atoms with Crippen molar-refractivity contribution in [1.29, 1.82) is 5.26 Å². The molecule has 0 saturated carbocycles. The number of aromatic nitrogens is 2. The van der Waals surface area contributed by atoms with Crippen molar-refractivity contribution in [3.8, 4) is 17.5 Å². The Bertz CT molecular complexity index is 582. The average molecular weight is 265 g/mol. The van der Waals surface area contributed by atoms with Crippen molar-refractivity contribution in [3.63, 3.8) is 0 Å². The van der Waals surface area contributed by atoms with Gasteiger partial charge in [-0.2, -0.15) is 5.26 Å². The molecule has 0 N–H and O–H groups in total. The minimum atomic E-state index is 0.657.